The van der Waals surface area contributed by atoms with Gasteiger partial charge in [0.1, 0.15) is 0 Å². The van der Waals surface area contributed by atoms with Gasteiger partial charge in [-0.3, -0.25) is 9.69 Å². The molecular formula is C18H25NOS. The molecule has 0 aromatic heterocycles. The van der Waals surface area contributed by atoms with Gasteiger partial charge in [0.05, 0.1) is 6.54 Å². The van der Waals surface area contributed by atoms with Crippen molar-refractivity contribution in [3.63, 3.8) is 0 Å². The van der Waals surface area contributed by atoms with Crippen molar-refractivity contribution < 1.29 is 4.79 Å². The number of hydrogen-bond acceptors (Lipinski definition) is 3. The van der Waals surface area contributed by atoms with Gasteiger partial charge in [-0.25, -0.2) is 0 Å². The van der Waals surface area contributed by atoms with E-state index in [1.807, 2.05) is 12.1 Å². The third-order valence-electron chi connectivity index (χ3n) is 5.12. The van der Waals surface area contributed by atoms with Crippen LogP contribution in [0.25, 0.3) is 0 Å². The number of rotatable bonds is 4. The van der Waals surface area contributed by atoms with Gasteiger partial charge < -0.3 is 0 Å². The van der Waals surface area contributed by atoms with Crippen LogP contribution in [0.3, 0.4) is 0 Å². The van der Waals surface area contributed by atoms with Gasteiger partial charge in [0.15, 0.2) is 5.78 Å². The zero-order valence-electron chi connectivity index (χ0n) is 12.9. The van der Waals surface area contributed by atoms with Gasteiger partial charge in [-0.2, -0.15) is 0 Å². The van der Waals surface area contributed by atoms with Crippen LogP contribution in [-0.2, 0) is 0 Å². The van der Waals surface area contributed by atoms with Crippen LogP contribution in [0.2, 0.25) is 0 Å². The number of nitrogens with zero attached hydrogens (tertiary/aromatic N) is 1. The molecule has 2 atom stereocenters. The number of hydrogen-bond donors (Lipinski definition) is 0. The fraction of sp³-hybridized carbons (Fsp3) is 0.611. The smallest absolute Gasteiger partial charge is 0.176 e. The van der Waals surface area contributed by atoms with Crippen LogP contribution in [0.5, 0.6) is 0 Å². The first-order valence-corrected chi connectivity index (χ1v) is 9.41. The van der Waals surface area contributed by atoms with Gasteiger partial charge in [0.2, 0.25) is 0 Å². The molecule has 3 heteroatoms. The lowest BCUT2D eigenvalue weighted by atomic mass is 9.78. The van der Waals surface area contributed by atoms with Crippen molar-refractivity contribution in [2.24, 2.45) is 5.92 Å². The number of fused-ring (bicyclic) bond motifs is 1. The molecule has 1 aliphatic heterocycles. The maximum Gasteiger partial charge on any atom is 0.176 e. The minimum absolute atomic E-state index is 0.286. The zero-order chi connectivity index (χ0) is 14.7. The molecule has 0 bridgehead atoms. The quantitative estimate of drug-likeness (QED) is 0.613. The van der Waals surface area contributed by atoms with Crippen LogP contribution >= 0.6 is 11.8 Å². The third-order valence-corrected chi connectivity index (χ3v) is 5.86. The molecule has 0 N–H and O–H groups in total. The molecule has 114 valence electrons. The number of likely N-dealkylation sites (tertiary alicyclic amines) is 1. The van der Waals surface area contributed by atoms with E-state index in [4.69, 9.17) is 0 Å². The number of benzene rings is 1. The van der Waals surface area contributed by atoms with Gasteiger partial charge in [-0.15, -0.1) is 11.8 Å². The Kier molecular flexibility index (Phi) is 5.02. The summed E-state index contributed by atoms with van der Waals surface area (Å²) in [5.41, 5.74) is 0.866. The van der Waals surface area contributed by atoms with E-state index in [0.717, 1.165) is 18.0 Å². The monoisotopic (exact) mass is 303 g/mol. The van der Waals surface area contributed by atoms with E-state index in [1.165, 1.54) is 43.4 Å². The van der Waals surface area contributed by atoms with Crippen LogP contribution in [0, 0.1) is 5.92 Å². The fourth-order valence-corrected chi connectivity index (χ4v) is 4.39. The number of carbonyl (C=O) groups excluding carboxylic acids is 1. The van der Waals surface area contributed by atoms with Crippen molar-refractivity contribution in [2.75, 3.05) is 19.3 Å². The number of thioether (sulfide) groups is 1. The topological polar surface area (TPSA) is 20.3 Å². The number of Topliss-reactive ketones (excluding diaryl/α,β-unsaturated/α-hetero) is 1. The maximum atomic E-state index is 12.5. The highest BCUT2D eigenvalue weighted by Gasteiger charge is 2.33. The van der Waals surface area contributed by atoms with Crippen molar-refractivity contribution in [2.45, 2.75) is 49.5 Å². The van der Waals surface area contributed by atoms with Gasteiger partial charge in [-0.1, -0.05) is 25.0 Å². The number of piperidine rings is 1. The van der Waals surface area contributed by atoms with Gasteiger partial charge in [-0.05, 0) is 56.5 Å². The second kappa shape index (κ2) is 6.97. The lowest BCUT2D eigenvalue weighted by Crippen LogP contribution is -2.48. The zero-order valence-corrected chi connectivity index (χ0v) is 13.7. The Morgan fingerprint density at radius 1 is 1.14 bits per heavy atom. The average Bonchev–Trinajstić information content (AvgIpc) is 2.55. The minimum Gasteiger partial charge on any atom is -0.293 e. The van der Waals surface area contributed by atoms with Crippen molar-refractivity contribution in [3.8, 4) is 0 Å². The SMILES string of the molecule is CSc1ccc(C(=O)CN2CCC[C@H]3CCCC[C@H]32)cc1. The van der Waals surface area contributed by atoms with E-state index in [1.54, 1.807) is 11.8 Å². The maximum absolute atomic E-state index is 12.5. The van der Waals surface area contributed by atoms with Gasteiger partial charge in [0, 0.05) is 16.5 Å². The van der Waals surface area contributed by atoms with Crippen LogP contribution < -0.4 is 0 Å². The molecule has 2 aliphatic rings. The van der Waals surface area contributed by atoms with E-state index in [9.17, 15) is 4.79 Å². The molecule has 2 nitrogen and oxygen atoms in total. The molecular weight excluding hydrogens is 278 g/mol. The van der Waals surface area contributed by atoms with Crippen molar-refractivity contribution in [1.29, 1.82) is 0 Å². The molecule has 1 saturated carbocycles. The minimum atomic E-state index is 0.286. The van der Waals surface area contributed by atoms with Crippen LogP contribution in [0.4, 0.5) is 0 Å². The molecule has 1 aromatic rings. The van der Waals surface area contributed by atoms with E-state index in [0.29, 0.717) is 12.6 Å². The van der Waals surface area contributed by atoms with E-state index >= 15 is 0 Å². The van der Waals surface area contributed by atoms with E-state index in [2.05, 4.69) is 23.3 Å². The summed E-state index contributed by atoms with van der Waals surface area (Å²) in [6, 6.07) is 8.74. The molecule has 1 aromatic carbocycles. The molecule has 0 spiro atoms. The summed E-state index contributed by atoms with van der Waals surface area (Å²) < 4.78 is 0. The predicted octanol–water partition coefficient (Wildman–Crippen LogP) is 4.25. The van der Waals surface area contributed by atoms with Gasteiger partial charge in [0.25, 0.3) is 0 Å². The van der Waals surface area contributed by atoms with Crippen molar-refractivity contribution in [1.82, 2.24) is 4.90 Å². The standard InChI is InChI=1S/C18H25NOS/c1-21-16-10-8-15(9-11-16)18(20)13-19-12-4-6-14-5-2-3-7-17(14)19/h8-11,14,17H,2-7,12-13H2,1H3/t14-,17-/m1/s1. The highest BCUT2D eigenvalue weighted by Crippen LogP contribution is 2.35. The second-order valence-corrected chi connectivity index (χ2v) is 7.26. The molecule has 3 rings (SSSR count). The Morgan fingerprint density at radius 2 is 1.86 bits per heavy atom. The summed E-state index contributed by atoms with van der Waals surface area (Å²) in [6.07, 6.45) is 10.1. The van der Waals surface area contributed by atoms with Crippen LogP contribution in [-0.4, -0.2) is 36.1 Å². The highest BCUT2D eigenvalue weighted by molar-refractivity contribution is 7.98. The molecule has 21 heavy (non-hydrogen) atoms. The lowest BCUT2D eigenvalue weighted by Gasteiger charge is -2.43. The summed E-state index contributed by atoms with van der Waals surface area (Å²) >= 11 is 1.72. The van der Waals surface area contributed by atoms with E-state index in [-0.39, 0.29) is 5.78 Å². The predicted molar refractivity (Wildman–Crippen MR) is 89.1 cm³/mol. The average molecular weight is 303 g/mol. The number of ketones is 1. The largest absolute Gasteiger partial charge is 0.293 e. The Morgan fingerprint density at radius 3 is 2.62 bits per heavy atom. The molecule has 0 unspecified atom stereocenters. The Hall–Kier alpha value is -0.800. The fourth-order valence-electron chi connectivity index (χ4n) is 3.98. The summed E-state index contributed by atoms with van der Waals surface area (Å²) in [4.78, 5) is 16.2. The first-order valence-electron chi connectivity index (χ1n) is 8.19. The summed E-state index contributed by atoms with van der Waals surface area (Å²) in [5, 5.41) is 0. The first-order chi connectivity index (χ1) is 10.3. The summed E-state index contributed by atoms with van der Waals surface area (Å²) in [5.74, 6) is 1.13. The van der Waals surface area contributed by atoms with Crippen LogP contribution in [0.15, 0.2) is 29.2 Å². The first kappa shape index (κ1) is 15.1. The van der Waals surface area contributed by atoms with Crippen molar-refractivity contribution >= 4 is 17.5 Å². The highest BCUT2D eigenvalue weighted by atomic mass is 32.2. The molecule has 1 saturated heterocycles. The Balaban J connectivity index is 1.65. The number of carbonyl (C=O) groups is 1. The van der Waals surface area contributed by atoms with E-state index < -0.39 is 0 Å². The van der Waals surface area contributed by atoms with Crippen molar-refractivity contribution in [3.05, 3.63) is 29.8 Å². The second-order valence-electron chi connectivity index (χ2n) is 6.38. The summed E-state index contributed by atoms with van der Waals surface area (Å²) in [7, 11) is 0. The molecule has 1 heterocycles. The van der Waals surface area contributed by atoms with Gasteiger partial charge >= 0.3 is 0 Å². The Labute approximate surface area is 132 Å². The third kappa shape index (κ3) is 3.51. The summed E-state index contributed by atoms with van der Waals surface area (Å²) in [6.45, 7) is 1.72. The van der Waals surface area contributed by atoms with Crippen LogP contribution in [0.1, 0.15) is 48.9 Å². The lowest BCUT2D eigenvalue weighted by molar-refractivity contribution is 0.0539. The molecule has 0 amide bonds. The molecule has 2 fully saturated rings. The Bertz CT molecular complexity index is 482. The normalized spacial score (nSPS) is 26.3. The molecule has 1 aliphatic carbocycles. The molecule has 0 radical (unpaired) electrons.